The summed E-state index contributed by atoms with van der Waals surface area (Å²) in [6.45, 7) is 1.27. The molecule has 0 aliphatic carbocycles. The Morgan fingerprint density at radius 2 is 2.50 bits per heavy atom. The van der Waals surface area contributed by atoms with Gasteiger partial charge in [0.25, 0.3) is 0 Å². The summed E-state index contributed by atoms with van der Waals surface area (Å²) in [5.74, 6) is -0.546. The molecule has 1 rings (SSSR count). The number of esters is 1. The summed E-state index contributed by atoms with van der Waals surface area (Å²) in [6.07, 6.45) is 1.43. The van der Waals surface area contributed by atoms with Gasteiger partial charge in [-0.2, -0.15) is 0 Å². The number of ether oxygens (including phenoxy) is 1. The molecule has 0 saturated heterocycles. The smallest absolute Gasteiger partial charge is 0.309 e. The van der Waals surface area contributed by atoms with Crippen LogP contribution in [0.15, 0.2) is 12.3 Å². The van der Waals surface area contributed by atoms with E-state index in [9.17, 15) is 4.79 Å². The van der Waals surface area contributed by atoms with E-state index in [-0.39, 0.29) is 11.8 Å². The monoisotopic (exact) mass is 168 g/mol. The van der Waals surface area contributed by atoms with Gasteiger partial charge < -0.3 is 10.5 Å². The lowest BCUT2D eigenvalue weighted by atomic mass is 10.7. The second-order valence-electron chi connectivity index (χ2n) is 2.08. The third-order valence-electron chi connectivity index (χ3n) is 1.06. The first-order chi connectivity index (χ1) is 5.59. The molecular formula is C6H8N4O2. The predicted octanol–water partition coefficient (Wildman–Crippen LogP) is -0.450. The summed E-state index contributed by atoms with van der Waals surface area (Å²) in [7, 11) is 0. The molecule has 0 spiro atoms. The van der Waals surface area contributed by atoms with Crippen molar-refractivity contribution in [3.8, 4) is 5.88 Å². The molecule has 0 bridgehead atoms. The second kappa shape index (κ2) is 3.04. The highest BCUT2D eigenvalue weighted by Crippen LogP contribution is 2.04. The minimum absolute atomic E-state index is 0.137. The van der Waals surface area contributed by atoms with Crippen LogP contribution >= 0.6 is 0 Å². The number of carbonyl (C=O) groups is 1. The molecule has 12 heavy (non-hydrogen) atoms. The summed E-state index contributed by atoms with van der Waals surface area (Å²) in [6, 6.07) is 1.45. The molecule has 0 unspecified atom stereocenters. The molecular weight excluding hydrogens is 160 g/mol. The maximum atomic E-state index is 10.4. The first kappa shape index (κ1) is 8.25. The van der Waals surface area contributed by atoms with Gasteiger partial charge in [0.1, 0.15) is 0 Å². The first-order valence-electron chi connectivity index (χ1n) is 3.18. The summed E-state index contributed by atoms with van der Waals surface area (Å²) in [4.78, 5) is 10.4. The molecule has 1 heterocycles. The van der Waals surface area contributed by atoms with E-state index in [0.29, 0.717) is 0 Å². The Bertz CT molecular complexity index is 317. The fourth-order valence-electron chi connectivity index (χ4n) is 0.643. The third kappa shape index (κ3) is 1.82. The van der Waals surface area contributed by atoms with Crippen molar-refractivity contribution < 1.29 is 9.53 Å². The highest BCUT2D eigenvalue weighted by atomic mass is 16.5. The van der Waals surface area contributed by atoms with Gasteiger partial charge in [-0.05, 0) is 0 Å². The molecule has 3 N–H and O–H groups in total. The number of nitrogens with two attached hydrogens (primary N) is 1. The van der Waals surface area contributed by atoms with Crippen LogP contribution in [0.25, 0.3) is 0 Å². The van der Waals surface area contributed by atoms with Crippen LogP contribution in [0.3, 0.4) is 0 Å². The van der Waals surface area contributed by atoms with Crippen LogP contribution in [0.4, 0.5) is 0 Å². The van der Waals surface area contributed by atoms with Crippen LogP contribution in [-0.4, -0.2) is 21.7 Å². The predicted molar refractivity (Wildman–Crippen MR) is 40.8 cm³/mol. The number of aromatic nitrogens is 2. The van der Waals surface area contributed by atoms with Crippen molar-refractivity contribution in [1.82, 2.24) is 9.78 Å². The van der Waals surface area contributed by atoms with E-state index >= 15 is 0 Å². The lowest BCUT2D eigenvalue weighted by Gasteiger charge is -1.95. The number of carbonyl (C=O) groups excluding carboxylic acids is 1. The van der Waals surface area contributed by atoms with Gasteiger partial charge in [-0.1, -0.05) is 0 Å². The fraction of sp³-hybridized carbons (Fsp3) is 0.167. The van der Waals surface area contributed by atoms with Gasteiger partial charge in [0.15, 0.2) is 0 Å². The van der Waals surface area contributed by atoms with E-state index in [4.69, 9.17) is 11.1 Å². The van der Waals surface area contributed by atoms with E-state index < -0.39 is 5.97 Å². The molecule has 1 aromatic heterocycles. The van der Waals surface area contributed by atoms with Crippen molar-refractivity contribution >= 4 is 11.9 Å². The van der Waals surface area contributed by atoms with Gasteiger partial charge >= 0.3 is 5.97 Å². The fourth-order valence-corrected chi connectivity index (χ4v) is 0.643. The van der Waals surface area contributed by atoms with Crippen LogP contribution < -0.4 is 10.5 Å². The largest absolute Gasteiger partial charge is 0.406 e. The number of nitrogens with zero attached hydrogens (tertiary/aromatic N) is 2. The van der Waals surface area contributed by atoms with Gasteiger partial charge in [0.05, 0.1) is 0 Å². The number of rotatable bonds is 1. The van der Waals surface area contributed by atoms with Crippen molar-refractivity contribution in [2.24, 2.45) is 5.73 Å². The van der Waals surface area contributed by atoms with Crippen LogP contribution in [-0.2, 0) is 4.79 Å². The standard InChI is InChI=1S/C6H8N4O2/c1-4(11)12-5-2-3-10(9-5)6(7)8/h2-3H,1H3,(H3,7,8). The first-order valence-corrected chi connectivity index (χ1v) is 3.18. The Balaban J connectivity index is 2.77. The Hall–Kier alpha value is -1.85. The van der Waals surface area contributed by atoms with E-state index in [1.807, 2.05) is 0 Å². The molecule has 64 valence electrons. The molecule has 0 saturated carbocycles. The molecule has 0 aromatic carbocycles. The molecule has 0 amide bonds. The summed E-state index contributed by atoms with van der Waals surface area (Å²) >= 11 is 0. The summed E-state index contributed by atoms with van der Waals surface area (Å²) < 4.78 is 5.72. The minimum atomic E-state index is -0.455. The van der Waals surface area contributed by atoms with E-state index in [0.717, 1.165) is 4.68 Å². The van der Waals surface area contributed by atoms with Crippen LogP contribution in [0.1, 0.15) is 6.92 Å². The lowest BCUT2D eigenvalue weighted by molar-refractivity contribution is -0.132. The number of nitrogens with one attached hydrogen (secondary N) is 1. The van der Waals surface area contributed by atoms with Gasteiger partial charge in [-0.25, -0.2) is 4.68 Å². The molecule has 0 fully saturated rings. The Kier molecular flexibility index (Phi) is 2.09. The van der Waals surface area contributed by atoms with E-state index in [1.54, 1.807) is 0 Å². The normalized spacial score (nSPS) is 9.42. The van der Waals surface area contributed by atoms with Crippen LogP contribution in [0, 0.1) is 5.41 Å². The Morgan fingerprint density at radius 1 is 1.83 bits per heavy atom. The van der Waals surface area contributed by atoms with E-state index in [2.05, 4.69) is 9.84 Å². The highest BCUT2D eigenvalue weighted by molar-refractivity contribution is 5.76. The summed E-state index contributed by atoms with van der Waals surface area (Å²) in [5.41, 5.74) is 5.10. The van der Waals surface area contributed by atoms with Crippen molar-refractivity contribution in [2.75, 3.05) is 0 Å². The average Bonchev–Trinajstić information content (AvgIpc) is 2.34. The number of hydrogen-bond donors (Lipinski definition) is 2. The molecule has 0 atom stereocenters. The molecule has 0 aliphatic rings. The molecule has 6 heteroatoms. The van der Waals surface area contributed by atoms with E-state index in [1.165, 1.54) is 19.2 Å². The highest BCUT2D eigenvalue weighted by Gasteiger charge is 2.02. The van der Waals surface area contributed by atoms with Gasteiger partial charge in [0.2, 0.25) is 11.8 Å². The van der Waals surface area contributed by atoms with Crippen molar-refractivity contribution in [1.29, 1.82) is 5.41 Å². The van der Waals surface area contributed by atoms with Crippen molar-refractivity contribution in [3.05, 3.63) is 12.3 Å². The topological polar surface area (TPSA) is 94.0 Å². The lowest BCUT2D eigenvalue weighted by Crippen LogP contribution is -2.21. The number of hydrogen-bond acceptors (Lipinski definition) is 4. The maximum Gasteiger partial charge on any atom is 0.309 e. The molecule has 0 aliphatic heterocycles. The molecule has 0 radical (unpaired) electrons. The minimum Gasteiger partial charge on any atom is -0.406 e. The van der Waals surface area contributed by atoms with Gasteiger partial charge in [0, 0.05) is 19.2 Å². The third-order valence-corrected chi connectivity index (χ3v) is 1.06. The zero-order valence-corrected chi connectivity index (χ0v) is 6.44. The Labute approximate surface area is 68.4 Å². The van der Waals surface area contributed by atoms with Crippen LogP contribution in [0.5, 0.6) is 5.88 Å². The molecule has 6 nitrogen and oxygen atoms in total. The van der Waals surface area contributed by atoms with Gasteiger partial charge in [-0.15, -0.1) is 5.10 Å². The van der Waals surface area contributed by atoms with Crippen LogP contribution in [0.2, 0.25) is 0 Å². The van der Waals surface area contributed by atoms with Crippen molar-refractivity contribution in [2.45, 2.75) is 6.92 Å². The van der Waals surface area contributed by atoms with Crippen molar-refractivity contribution in [3.63, 3.8) is 0 Å². The quantitative estimate of drug-likeness (QED) is 0.337. The van der Waals surface area contributed by atoms with Gasteiger partial charge in [-0.3, -0.25) is 10.2 Å². The zero-order valence-electron chi connectivity index (χ0n) is 6.44. The average molecular weight is 168 g/mol. The SMILES string of the molecule is CC(=O)Oc1ccn(C(=N)N)n1. The second-order valence-corrected chi connectivity index (χ2v) is 2.08. The summed E-state index contributed by atoms with van der Waals surface area (Å²) in [5, 5.41) is 10.6. The molecule has 1 aromatic rings. The maximum absolute atomic E-state index is 10.4. The zero-order chi connectivity index (χ0) is 9.14. The Morgan fingerprint density at radius 3 is 2.92 bits per heavy atom. The number of nitrogen functional groups attached to an aromatic ring is 1.